The zero-order chi connectivity index (χ0) is 29.9. The lowest BCUT2D eigenvalue weighted by Gasteiger charge is -2.15. The van der Waals surface area contributed by atoms with Gasteiger partial charge in [-0.3, -0.25) is 14.4 Å². The Hall–Kier alpha value is -4.82. The number of para-hydroxylation sites is 2. The van der Waals surface area contributed by atoms with Gasteiger partial charge in [-0.2, -0.15) is 0 Å². The molecule has 3 N–H and O–H groups in total. The van der Waals surface area contributed by atoms with Crippen molar-refractivity contribution in [2.24, 2.45) is 0 Å². The fraction of sp³-hybridized carbons (Fsp3) is 0.147. The number of carbonyl (C=O) groups is 3. The first kappa shape index (κ1) is 30.1. The highest BCUT2D eigenvalue weighted by molar-refractivity contribution is 8.00. The van der Waals surface area contributed by atoms with Gasteiger partial charge in [-0.15, -0.1) is 11.8 Å². The quantitative estimate of drug-likeness (QED) is 0.132. The lowest BCUT2D eigenvalue weighted by Crippen LogP contribution is -2.30. The average Bonchev–Trinajstić information content (AvgIpc) is 2.99. The second-order valence-corrected chi connectivity index (χ2v) is 10.9. The first-order valence-electron chi connectivity index (χ1n) is 13.6. The number of carbonyl (C=O) groups excluding carboxylic acids is 3. The van der Waals surface area contributed by atoms with Crippen LogP contribution in [0.2, 0.25) is 0 Å². The normalized spacial score (nSPS) is 11.7. The van der Waals surface area contributed by atoms with Crippen molar-refractivity contribution >= 4 is 46.9 Å². The van der Waals surface area contributed by atoms with Crippen LogP contribution in [0, 0.1) is 6.92 Å². The van der Waals surface area contributed by atoms with Gasteiger partial charge in [0.05, 0.1) is 17.5 Å². The molecule has 7 nitrogen and oxygen atoms in total. The number of nitrogens with one attached hydrogen (secondary N) is 3. The highest BCUT2D eigenvalue weighted by atomic mass is 32.2. The largest absolute Gasteiger partial charge is 0.492 e. The fourth-order valence-corrected chi connectivity index (χ4v) is 4.89. The van der Waals surface area contributed by atoms with E-state index in [4.69, 9.17) is 4.74 Å². The van der Waals surface area contributed by atoms with Gasteiger partial charge in [0.1, 0.15) is 11.4 Å². The van der Waals surface area contributed by atoms with Crippen molar-refractivity contribution in [3.05, 3.63) is 126 Å². The van der Waals surface area contributed by atoms with Crippen LogP contribution >= 0.6 is 11.8 Å². The third kappa shape index (κ3) is 8.59. The van der Waals surface area contributed by atoms with Crippen LogP contribution < -0.4 is 20.7 Å². The number of ether oxygens (including phenoxy) is 1. The predicted octanol–water partition coefficient (Wildman–Crippen LogP) is 6.92. The molecule has 0 saturated heterocycles. The molecular formula is C34H33N3O4S. The molecule has 3 amide bonds. The molecule has 0 aliphatic rings. The summed E-state index contributed by atoms with van der Waals surface area (Å²) in [7, 11) is 0. The lowest BCUT2D eigenvalue weighted by atomic mass is 10.1. The number of anilines is 2. The monoisotopic (exact) mass is 579 g/mol. The van der Waals surface area contributed by atoms with Crippen molar-refractivity contribution in [2.75, 3.05) is 17.2 Å². The van der Waals surface area contributed by atoms with E-state index in [2.05, 4.69) is 16.0 Å². The van der Waals surface area contributed by atoms with Crippen LogP contribution in [0.15, 0.2) is 114 Å². The van der Waals surface area contributed by atoms with Crippen molar-refractivity contribution in [2.45, 2.75) is 30.9 Å². The van der Waals surface area contributed by atoms with E-state index in [1.165, 1.54) is 11.8 Å². The maximum atomic E-state index is 13.4. The molecule has 0 aliphatic heterocycles. The van der Waals surface area contributed by atoms with Gasteiger partial charge in [0.2, 0.25) is 5.91 Å². The van der Waals surface area contributed by atoms with E-state index in [0.29, 0.717) is 29.3 Å². The molecule has 4 rings (SSSR count). The van der Waals surface area contributed by atoms with Crippen LogP contribution in [0.1, 0.15) is 35.3 Å². The molecule has 0 bridgehead atoms. The molecule has 4 aromatic carbocycles. The van der Waals surface area contributed by atoms with E-state index in [9.17, 15) is 14.4 Å². The third-order valence-corrected chi connectivity index (χ3v) is 7.23. The van der Waals surface area contributed by atoms with Gasteiger partial charge in [-0.1, -0.05) is 66.2 Å². The Morgan fingerprint density at radius 1 is 0.857 bits per heavy atom. The molecule has 42 heavy (non-hydrogen) atoms. The molecule has 0 spiro atoms. The molecule has 214 valence electrons. The lowest BCUT2D eigenvalue weighted by molar-refractivity contribution is -0.115. The molecule has 1 atom stereocenters. The summed E-state index contributed by atoms with van der Waals surface area (Å²) in [5.74, 6) is -0.419. The van der Waals surface area contributed by atoms with Gasteiger partial charge in [-0.05, 0) is 74.9 Å². The van der Waals surface area contributed by atoms with E-state index in [1.807, 2.05) is 75.4 Å². The number of aryl methyl sites for hydroxylation is 1. The van der Waals surface area contributed by atoms with Crippen molar-refractivity contribution in [1.29, 1.82) is 0 Å². The van der Waals surface area contributed by atoms with Gasteiger partial charge in [0.15, 0.2) is 0 Å². The maximum absolute atomic E-state index is 13.4. The van der Waals surface area contributed by atoms with Crippen LogP contribution in [0.25, 0.3) is 6.08 Å². The highest BCUT2D eigenvalue weighted by Crippen LogP contribution is 2.29. The summed E-state index contributed by atoms with van der Waals surface area (Å²) in [5, 5.41) is 8.15. The molecule has 4 aromatic rings. The molecular weight excluding hydrogens is 546 g/mol. The van der Waals surface area contributed by atoms with Crippen molar-refractivity contribution < 1.29 is 19.1 Å². The number of hydrogen-bond acceptors (Lipinski definition) is 5. The zero-order valence-electron chi connectivity index (χ0n) is 23.7. The molecule has 1 unspecified atom stereocenters. The molecule has 0 radical (unpaired) electrons. The Morgan fingerprint density at radius 3 is 2.31 bits per heavy atom. The average molecular weight is 580 g/mol. The topological polar surface area (TPSA) is 96.5 Å². The van der Waals surface area contributed by atoms with Gasteiger partial charge in [0.25, 0.3) is 11.8 Å². The molecule has 0 aliphatic carbocycles. The second-order valence-electron chi connectivity index (χ2n) is 9.45. The molecule has 0 aromatic heterocycles. The van der Waals surface area contributed by atoms with E-state index in [-0.39, 0.29) is 17.5 Å². The van der Waals surface area contributed by atoms with E-state index >= 15 is 0 Å². The van der Waals surface area contributed by atoms with E-state index in [1.54, 1.807) is 54.6 Å². The van der Waals surface area contributed by atoms with Crippen LogP contribution in [-0.4, -0.2) is 29.6 Å². The van der Waals surface area contributed by atoms with Crippen LogP contribution in [-0.2, 0) is 9.59 Å². The van der Waals surface area contributed by atoms with Crippen molar-refractivity contribution in [3.63, 3.8) is 0 Å². The fourth-order valence-electron chi connectivity index (χ4n) is 3.96. The SMILES string of the molecule is CCOc1ccccc1NC(=O)C(C)Sc1cccc(NC(=O)/C(=C\c2ccc(C)cc2)NC(=O)c2ccccc2)c1. The van der Waals surface area contributed by atoms with Crippen LogP contribution in [0.3, 0.4) is 0 Å². The van der Waals surface area contributed by atoms with Crippen LogP contribution in [0.5, 0.6) is 5.75 Å². The first-order chi connectivity index (χ1) is 20.3. The van der Waals surface area contributed by atoms with Crippen LogP contribution in [0.4, 0.5) is 11.4 Å². The Labute approximate surface area is 250 Å². The Kier molecular flexibility index (Phi) is 10.6. The minimum absolute atomic E-state index is 0.103. The zero-order valence-corrected chi connectivity index (χ0v) is 24.5. The smallest absolute Gasteiger partial charge is 0.272 e. The Balaban J connectivity index is 1.47. The summed E-state index contributed by atoms with van der Waals surface area (Å²) in [5.41, 5.74) is 3.55. The molecule has 0 saturated carbocycles. The Bertz CT molecular complexity index is 1570. The summed E-state index contributed by atoms with van der Waals surface area (Å²) in [6, 6.07) is 30.9. The standard InChI is InChI=1S/C34H33N3O4S/c1-4-41-31-16-9-8-15-29(31)36-32(38)24(3)42-28-14-10-13-27(22-28)35-34(40)30(21-25-19-17-23(2)18-20-25)37-33(39)26-11-6-5-7-12-26/h5-22,24H,4H2,1-3H3,(H,35,40)(H,36,38)(H,37,39)/b30-21+. The number of thioether (sulfide) groups is 1. The number of amides is 3. The third-order valence-electron chi connectivity index (χ3n) is 6.14. The predicted molar refractivity (Wildman–Crippen MR) is 170 cm³/mol. The summed E-state index contributed by atoms with van der Waals surface area (Å²) in [6.45, 7) is 6.18. The summed E-state index contributed by atoms with van der Waals surface area (Å²) in [4.78, 5) is 40.0. The first-order valence-corrected chi connectivity index (χ1v) is 14.5. The van der Waals surface area contributed by atoms with Gasteiger partial charge in [0, 0.05) is 16.1 Å². The van der Waals surface area contributed by atoms with E-state index < -0.39 is 11.2 Å². The molecule has 0 heterocycles. The molecule has 8 heteroatoms. The summed E-state index contributed by atoms with van der Waals surface area (Å²) >= 11 is 1.36. The van der Waals surface area contributed by atoms with Gasteiger partial charge >= 0.3 is 0 Å². The maximum Gasteiger partial charge on any atom is 0.272 e. The van der Waals surface area contributed by atoms with Gasteiger partial charge in [-0.25, -0.2) is 0 Å². The van der Waals surface area contributed by atoms with Crippen molar-refractivity contribution in [1.82, 2.24) is 5.32 Å². The minimum atomic E-state index is -0.472. The Morgan fingerprint density at radius 2 is 1.57 bits per heavy atom. The summed E-state index contributed by atoms with van der Waals surface area (Å²) < 4.78 is 5.61. The number of rotatable bonds is 11. The molecule has 0 fully saturated rings. The number of hydrogen-bond donors (Lipinski definition) is 3. The highest BCUT2D eigenvalue weighted by Gasteiger charge is 2.18. The minimum Gasteiger partial charge on any atom is -0.492 e. The van der Waals surface area contributed by atoms with Gasteiger partial charge < -0.3 is 20.7 Å². The summed E-state index contributed by atoms with van der Waals surface area (Å²) in [6.07, 6.45) is 1.64. The van der Waals surface area contributed by atoms with E-state index in [0.717, 1.165) is 16.0 Å². The number of benzene rings is 4. The second kappa shape index (κ2) is 14.7. The van der Waals surface area contributed by atoms with Crippen molar-refractivity contribution in [3.8, 4) is 5.75 Å².